The lowest BCUT2D eigenvalue weighted by atomic mass is 9.85. The number of ether oxygens (including phenoxy) is 1. The maximum Gasteiger partial charge on any atom is 0.232 e. The molecule has 1 unspecified atom stereocenters. The number of hydrogen-bond acceptors (Lipinski definition) is 3. The Balaban J connectivity index is 1.80. The molecule has 1 saturated heterocycles. The maximum atomic E-state index is 13.4. The normalized spacial score (nSPS) is 29.2. The standard InChI is InChI=1S/C21H27NO3S/c1-14-7-9-17(10-8-14)26(24)19-15(2)16(3)20(23)22-18(19)13-25-21(22)11-5-4-6-12-21/h7-10,15-16H,4-6,11-13H2,1-3H3/t15-,16+,26?/m1/s1. The van der Waals surface area contributed by atoms with E-state index in [9.17, 15) is 9.00 Å². The van der Waals surface area contributed by atoms with Gasteiger partial charge in [-0.25, -0.2) is 4.21 Å². The number of aryl methyl sites for hydroxylation is 1. The fraction of sp³-hybridized carbons (Fsp3) is 0.571. The summed E-state index contributed by atoms with van der Waals surface area (Å²) in [5.41, 5.74) is 1.51. The van der Waals surface area contributed by atoms with E-state index in [0.717, 1.165) is 46.7 Å². The van der Waals surface area contributed by atoms with Gasteiger partial charge in [0.2, 0.25) is 5.91 Å². The van der Waals surface area contributed by atoms with Gasteiger partial charge in [-0.3, -0.25) is 9.69 Å². The van der Waals surface area contributed by atoms with Crippen LogP contribution in [-0.4, -0.2) is 27.3 Å². The van der Waals surface area contributed by atoms with Crippen molar-refractivity contribution in [1.29, 1.82) is 0 Å². The molecule has 1 aromatic carbocycles. The molecule has 1 spiro atoms. The molecular formula is C21H27NO3S. The number of benzene rings is 1. The molecule has 0 radical (unpaired) electrons. The molecule has 0 bridgehead atoms. The van der Waals surface area contributed by atoms with Crippen molar-refractivity contribution >= 4 is 16.7 Å². The SMILES string of the molecule is Cc1ccc(S(=O)C2=C3COC4(CCCCC4)N3C(=O)[C@@H](C)[C@H]2C)cc1. The zero-order chi connectivity index (χ0) is 18.5. The minimum Gasteiger partial charge on any atom is -0.349 e. The van der Waals surface area contributed by atoms with Crippen LogP contribution in [0.5, 0.6) is 0 Å². The van der Waals surface area contributed by atoms with Crippen LogP contribution in [0.4, 0.5) is 0 Å². The molecule has 3 atom stereocenters. The molecule has 2 heterocycles. The molecule has 2 aliphatic heterocycles. The summed E-state index contributed by atoms with van der Waals surface area (Å²) in [4.78, 5) is 16.7. The zero-order valence-corrected chi connectivity index (χ0v) is 16.6. The van der Waals surface area contributed by atoms with Crippen LogP contribution < -0.4 is 0 Å². The van der Waals surface area contributed by atoms with Crippen LogP contribution in [0, 0.1) is 18.8 Å². The van der Waals surface area contributed by atoms with Gasteiger partial charge in [0.15, 0.2) is 0 Å². The van der Waals surface area contributed by atoms with Crippen molar-refractivity contribution in [3.8, 4) is 0 Å². The number of carbonyl (C=O) groups excluding carboxylic acids is 1. The van der Waals surface area contributed by atoms with E-state index in [4.69, 9.17) is 4.74 Å². The Bertz CT molecular complexity index is 777. The first-order valence-electron chi connectivity index (χ1n) is 9.64. The summed E-state index contributed by atoms with van der Waals surface area (Å²) in [6.07, 6.45) is 5.12. The van der Waals surface area contributed by atoms with Crippen molar-refractivity contribution in [3.05, 3.63) is 40.4 Å². The summed E-state index contributed by atoms with van der Waals surface area (Å²) < 4.78 is 19.7. The summed E-state index contributed by atoms with van der Waals surface area (Å²) in [6, 6.07) is 7.85. The molecule has 1 amide bonds. The molecule has 5 heteroatoms. The number of amides is 1. The van der Waals surface area contributed by atoms with Crippen LogP contribution >= 0.6 is 0 Å². The Hall–Kier alpha value is -1.46. The third-order valence-corrected chi connectivity index (χ3v) is 7.99. The van der Waals surface area contributed by atoms with Gasteiger partial charge in [-0.1, -0.05) is 38.0 Å². The molecule has 26 heavy (non-hydrogen) atoms. The smallest absolute Gasteiger partial charge is 0.232 e. The molecule has 3 aliphatic rings. The van der Waals surface area contributed by atoms with Gasteiger partial charge < -0.3 is 4.74 Å². The number of fused-ring (bicyclic) bond motifs is 2. The lowest BCUT2D eigenvalue weighted by molar-refractivity contribution is -0.158. The number of carbonyl (C=O) groups is 1. The van der Waals surface area contributed by atoms with Crippen molar-refractivity contribution in [2.45, 2.75) is 63.5 Å². The van der Waals surface area contributed by atoms with Gasteiger partial charge >= 0.3 is 0 Å². The molecule has 4 nitrogen and oxygen atoms in total. The molecule has 1 aromatic rings. The van der Waals surface area contributed by atoms with Crippen LogP contribution in [0.25, 0.3) is 0 Å². The number of allylic oxidation sites excluding steroid dienone is 1. The third-order valence-electron chi connectivity index (χ3n) is 6.28. The summed E-state index contributed by atoms with van der Waals surface area (Å²) in [5.74, 6) is -0.0848. The lowest BCUT2D eigenvalue weighted by Crippen LogP contribution is -2.53. The van der Waals surface area contributed by atoms with Gasteiger partial charge in [0.25, 0.3) is 0 Å². The van der Waals surface area contributed by atoms with Crippen LogP contribution in [0.1, 0.15) is 51.5 Å². The quantitative estimate of drug-likeness (QED) is 0.783. The highest BCUT2D eigenvalue weighted by atomic mass is 32.2. The van der Waals surface area contributed by atoms with E-state index in [-0.39, 0.29) is 17.7 Å². The summed E-state index contributed by atoms with van der Waals surface area (Å²) in [6.45, 7) is 6.42. The number of rotatable bonds is 2. The highest BCUT2D eigenvalue weighted by Crippen LogP contribution is 2.48. The fourth-order valence-electron chi connectivity index (χ4n) is 4.54. The average molecular weight is 374 g/mol. The van der Waals surface area contributed by atoms with Gasteiger partial charge in [-0.05, 0) is 44.7 Å². The summed E-state index contributed by atoms with van der Waals surface area (Å²) >= 11 is 0. The van der Waals surface area contributed by atoms with Crippen LogP contribution in [0.3, 0.4) is 0 Å². The van der Waals surface area contributed by atoms with Crippen LogP contribution in [-0.2, 0) is 20.3 Å². The van der Waals surface area contributed by atoms with Crippen LogP contribution in [0.15, 0.2) is 39.8 Å². The Morgan fingerprint density at radius 2 is 1.73 bits per heavy atom. The molecule has 4 rings (SSSR count). The molecule has 0 aromatic heterocycles. The summed E-state index contributed by atoms with van der Waals surface area (Å²) in [7, 11) is -1.27. The van der Waals surface area contributed by atoms with E-state index in [1.54, 1.807) is 0 Å². The van der Waals surface area contributed by atoms with E-state index in [0.29, 0.717) is 6.61 Å². The second-order valence-corrected chi connectivity index (χ2v) is 9.39. The molecule has 140 valence electrons. The molecule has 1 aliphatic carbocycles. The highest BCUT2D eigenvalue weighted by molar-refractivity contribution is 7.89. The topological polar surface area (TPSA) is 46.6 Å². The van der Waals surface area contributed by atoms with Gasteiger partial charge in [-0.15, -0.1) is 0 Å². The van der Waals surface area contributed by atoms with Crippen molar-refractivity contribution in [2.75, 3.05) is 6.61 Å². The Kier molecular flexibility index (Phi) is 4.56. The van der Waals surface area contributed by atoms with Gasteiger partial charge in [0.1, 0.15) is 5.72 Å². The second kappa shape index (κ2) is 6.61. The first kappa shape index (κ1) is 17.9. The van der Waals surface area contributed by atoms with Gasteiger partial charge in [0, 0.05) is 21.6 Å². The first-order valence-corrected chi connectivity index (χ1v) is 10.8. The number of hydrogen-bond donors (Lipinski definition) is 0. The van der Waals surface area contributed by atoms with Crippen molar-refractivity contribution in [3.63, 3.8) is 0 Å². The van der Waals surface area contributed by atoms with E-state index in [1.165, 1.54) is 6.42 Å². The average Bonchev–Trinajstić information content (AvgIpc) is 2.99. The van der Waals surface area contributed by atoms with Gasteiger partial charge in [-0.2, -0.15) is 0 Å². The molecule has 2 fully saturated rings. The molecular weight excluding hydrogens is 346 g/mol. The number of nitrogens with zero attached hydrogens (tertiary/aromatic N) is 1. The predicted octanol–water partition coefficient (Wildman–Crippen LogP) is 4.12. The second-order valence-electron chi connectivity index (χ2n) is 7.94. The monoisotopic (exact) mass is 373 g/mol. The Morgan fingerprint density at radius 1 is 1.08 bits per heavy atom. The van der Waals surface area contributed by atoms with Gasteiger partial charge in [0.05, 0.1) is 23.1 Å². The highest BCUT2D eigenvalue weighted by Gasteiger charge is 2.54. The Morgan fingerprint density at radius 3 is 2.38 bits per heavy atom. The molecule has 1 saturated carbocycles. The van der Waals surface area contributed by atoms with E-state index >= 15 is 0 Å². The van der Waals surface area contributed by atoms with Crippen molar-refractivity contribution in [2.24, 2.45) is 11.8 Å². The lowest BCUT2D eigenvalue weighted by Gasteiger charge is -2.44. The first-order chi connectivity index (χ1) is 12.4. The van der Waals surface area contributed by atoms with E-state index in [1.807, 2.05) is 49.9 Å². The fourth-order valence-corrected chi connectivity index (χ4v) is 6.08. The zero-order valence-electron chi connectivity index (χ0n) is 15.8. The third kappa shape index (κ3) is 2.67. The minimum atomic E-state index is -1.27. The van der Waals surface area contributed by atoms with E-state index < -0.39 is 16.5 Å². The van der Waals surface area contributed by atoms with Crippen molar-refractivity contribution in [1.82, 2.24) is 4.90 Å². The largest absolute Gasteiger partial charge is 0.349 e. The Labute approximate surface area is 158 Å². The van der Waals surface area contributed by atoms with Crippen LogP contribution in [0.2, 0.25) is 0 Å². The molecule has 0 N–H and O–H groups in total. The summed E-state index contributed by atoms with van der Waals surface area (Å²) in [5, 5.41) is 0. The maximum absolute atomic E-state index is 13.4. The minimum absolute atomic E-state index is 0.0433. The predicted molar refractivity (Wildman–Crippen MR) is 102 cm³/mol. The van der Waals surface area contributed by atoms with E-state index in [2.05, 4.69) is 0 Å². The van der Waals surface area contributed by atoms with Crippen molar-refractivity contribution < 1.29 is 13.7 Å².